The molecule has 0 amide bonds. The summed E-state index contributed by atoms with van der Waals surface area (Å²) >= 11 is 5.92. The highest BCUT2D eigenvalue weighted by Crippen LogP contribution is 2.26. The third-order valence-electron chi connectivity index (χ3n) is 4.97. The molecule has 140 valence electrons. The number of aryl methyl sites for hydroxylation is 1. The number of hydrazone groups is 1. The number of fused-ring (bicyclic) bond motifs is 1. The number of nitrogens with zero attached hydrogens (tertiary/aromatic N) is 2. The molecule has 0 aliphatic heterocycles. The van der Waals surface area contributed by atoms with Gasteiger partial charge in [0.1, 0.15) is 0 Å². The van der Waals surface area contributed by atoms with Gasteiger partial charge >= 0.3 is 0 Å². The van der Waals surface area contributed by atoms with Crippen molar-refractivity contribution in [1.82, 2.24) is 9.99 Å². The summed E-state index contributed by atoms with van der Waals surface area (Å²) in [4.78, 5) is 0. The largest absolute Gasteiger partial charge is 0.317 e. The third-order valence-corrected chi connectivity index (χ3v) is 5.22. The van der Waals surface area contributed by atoms with Gasteiger partial charge in [0.15, 0.2) is 0 Å². The van der Waals surface area contributed by atoms with Crippen LogP contribution in [0, 0.1) is 13.8 Å². The van der Waals surface area contributed by atoms with Crippen LogP contribution in [0.25, 0.3) is 16.5 Å². The Morgan fingerprint density at radius 3 is 2.54 bits per heavy atom. The first-order chi connectivity index (χ1) is 13.6. The van der Waals surface area contributed by atoms with Crippen LogP contribution < -0.4 is 5.43 Å². The summed E-state index contributed by atoms with van der Waals surface area (Å²) < 4.78 is 2.29. The Morgan fingerprint density at radius 2 is 1.71 bits per heavy atom. The van der Waals surface area contributed by atoms with E-state index < -0.39 is 0 Å². The zero-order chi connectivity index (χ0) is 19.5. The van der Waals surface area contributed by atoms with E-state index in [0.717, 1.165) is 16.1 Å². The van der Waals surface area contributed by atoms with Gasteiger partial charge < -0.3 is 9.99 Å². The Bertz CT molecular complexity index is 1140. The molecule has 3 aromatic carbocycles. The number of halogens is 1. The number of nitrogens with one attached hydrogen (secondary N) is 1. The van der Waals surface area contributed by atoms with E-state index in [4.69, 9.17) is 11.6 Å². The third kappa shape index (κ3) is 3.67. The summed E-state index contributed by atoms with van der Waals surface area (Å²) in [6.07, 6.45) is 1.89. The minimum atomic E-state index is 0.662. The molecular weight excluding hydrogens is 366 g/mol. The molecule has 4 aromatic rings. The molecule has 4 heteroatoms. The van der Waals surface area contributed by atoms with Crippen LogP contribution in [0.1, 0.15) is 22.5 Å². The zero-order valence-corrected chi connectivity index (χ0v) is 16.7. The second-order valence-electron chi connectivity index (χ2n) is 6.88. The number of benzene rings is 3. The van der Waals surface area contributed by atoms with E-state index in [2.05, 4.69) is 77.5 Å². The van der Waals surface area contributed by atoms with E-state index in [9.17, 15) is 0 Å². The predicted molar refractivity (Wildman–Crippen MR) is 119 cm³/mol. The minimum absolute atomic E-state index is 0.662. The Labute approximate surface area is 170 Å². The van der Waals surface area contributed by atoms with Crippen LogP contribution in [0.3, 0.4) is 0 Å². The van der Waals surface area contributed by atoms with E-state index in [1.807, 2.05) is 30.5 Å². The normalized spacial score (nSPS) is 11.4. The van der Waals surface area contributed by atoms with Gasteiger partial charge in [-0.15, -0.1) is 0 Å². The zero-order valence-electron chi connectivity index (χ0n) is 16.0. The van der Waals surface area contributed by atoms with Crippen LogP contribution in [0.5, 0.6) is 0 Å². The fraction of sp³-hybridized carbons (Fsp3) is 0.125. The van der Waals surface area contributed by atoms with Gasteiger partial charge in [0, 0.05) is 27.4 Å². The van der Waals surface area contributed by atoms with Crippen LogP contribution in [0.15, 0.2) is 77.9 Å². The Hall–Kier alpha value is -3.04. The lowest BCUT2D eigenvalue weighted by Crippen LogP contribution is -2.05. The van der Waals surface area contributed by atoms with Crippen LogP contribution in [-0.2, 0) is 6.54 Å². The van der Waals surface area contributed by atoms with Gasteiger partial charge in [0.05, 0.1) is 18.4 Å². The molecule has 0 spiro atoms. The molecular formula is C24H22ClN3. The minimum Gasteiger partial charge on any atom is -0.317 e. The number of rotatable bonds is 5. The Balaban J connectivity index is 1.58. The van der Waals surface area contributed by atoms with E-state index >= 15 is 0 Å². The topological polar surface area (TPSA) is 29.3 Å². The van der Waals surface area contributed by atoms with Crippen LogP contribution in [0.4, 0.5) is 0 Å². The van der Waals surface area contributed by atoms with Crippen molar-refractivity contribution >= 4 is 28.6 Å². The molecule has 3 nitrogen and oxygen atoms in total. The van der Waals surface area contributed by atoms with Crippen molar-refractivity contribution in [3.63, 3.8) is 0 Å². The molecule has 1 aromatic heterocycles. The van der Waals surface area contributed by atoms with E-state index in [-0.39, 0.29) is 0 Å². The number of hydrogen-bond acceptors (Lipinski definition) is 2. The van der Waals surface area contributed by atoms with E-state index in [1.54, 1.807) is 0 Å². The fourth-order valence-corrected chi connectivity index (χ4v) is 3.67. The Kier molecular flexibility index (Phi) is 5.18. The second-order valence-corrected chi connectivity index (χ2v) is 7.32. The lowest BCUT2D eigenvalue weighted by Gasteiger charge is -2.13. The average Bonchev–Trinajstić information content (AvgIpc) is 2.99. The maximum absolute atomic E-state index is 5.92. The summed E-state index contributed by atoms with van der Waals surface area (Å²) in [5.74, 6) is 0. The maximum Gasteiger partial charge on any atom is 0.0580 e. The van der Waals surface area contributed by atoms with Gasteiger partial charge in [-0.2, -0.15) is 5.10 Å². The van der Waals surface area contributed by atoms with E-state index in [1.165, 1.54) is 27.8 Å². The molecule has 4 rings (SSSR count). The molecule has 0 saturated carbocycles. The first-order valence-corrected chi connectivity index (χ1v) is 9.69. The SMILES string of the molecule is Cc1cc(/C=N\NCc2ccc(Cl)cc2)c(C)n1-c1cccc2ccccc12. The lowest BCUT2D eigenvalue weighted by atomic mass is 10.1. The van der Waals surface area contributed by atoms with Gasteiger partial charge in [-0.05, 0) is 49.1 Å². The monoisotopic (exact) mass is 387 g/mol. The van der Waals surface area contributed by atoms with Gasteiger partial charge in [0.25, 0.3) is 0 Å². The molecule has 28 heavy (non-hydrogen) atoms. The maximum atomic E-state index is 5.92. The summed E-state index contributed by atoms with van der Waals surface area (Å²) in [6, 6.07) is 24.9. The molecule has 0 unspecified atom stereocenters. The van der Waals surface area contributed by atoms with Crippen LogP contribution in [0.2, 0.25) is 5.02 Å². The highest BCUT2D eigenvalue weighted by molar-refractivity contribution is 6.30. The molecule has 0 aliphatic carbocycles. The van der Waals surface area contributed by atoms with Crippen molar-refractivity contribution in [2.75, 3.05) is 0 Å². The molecule has 0 radical (unpaired) electrons. The summed E-state index contributed by atoms with van der Waals surface area (Å²) in [6.45, 7) is 4.93. The molecule has 0 bridgehead atoms. The van der Waals surface area contributed by atoms with Crippen molar-refractivity contribution in [2.45, 2.75) is 20.4 Å². The molecule has 0 aliphatic rings. The average molecular weight is 388 g/mol. The number of hydrogen-bond donors (Lipinski definition) is 1. The quantitative estimate of drug-likeness (QED) is 0.329. The van der Waals surface area contributed by atoms with Gasteiger partial charge in [-0.25, -0.2) is 0 Å². The summed E-state index contributed by atoms with van der Waals surface area (Å²) in [5, 5.41) is 7.64. The first-order valence-electron chi connectivity index (χ1n) is 9.31. The van der Waals surface area contributed by atoms with Crippen molar-refractivity contribution in [3.05, 3.63) is 100 Å². The van der Waals surface area contributed by atoms with Crippen molar-refractivity contribution in [3.8, 4) is 5.69 Å². The van der Waals surface area contributed by atoms with Crippen molar-refractivity contribution < 1.29 is 0 Å². The van der Waals surface area contributed by atoms with Crippen LogP contribution in [-0.4, -0.2) is 10.8 Å². The summed E-state index contributed by atoms with van der Waals surface area (Å²) in [5.41, 5.74) is 8.92. The van der Waals surface area contributed by atoms with Gasteiger partial charge in [-0.3, -0.25) is 0 Å². The lowest BCUT2D eigenvalue weighted by molar-refractivity contribution is 0.748. The highest BCUT2D eigenvalue weighted by Gasteiger charge is 2.11. The molecule has 1 N–H and O–H groups in total. The molecule has 1 heterocycles. The number of aromatic nitrogens is 1. The van der Waals surface area contributed by atoms with E-state index in [0.29, 0.717) is 6.54 Å². The van der Waals surface area contributed by atoms with Crippen molar-refractivity contribution in [2.24, 2.45) is 5.10 Å². The standard InChI is InChI=1S/C24H22ClN3/c1-17-14-21(16-27-26-15-19-10-12-22(25)13-11-19)18(2)28(17)24-9-5-7-20-6-3-4-8-23(20)24/h3-14,16,26H,15H2,1-2H3/b27-16-. The predicted octanol–water partition coefficient (Wildman–Crippen LogP) is 6.02. The molecule has 0 saturated heterocycles. The first kappa shape index (κ1) is 18.3. The highest BCUT2D eigenvalue weighted by atomic mass is 35.5. The smallest absolute Gasteiger partial charge is 0.0580 e. The van der Waals surface area contributed by atoms with Crippen LogP contribution >= 0.6 is 11.6 Å². The summed E-state index contributed by atoms with van der Waals surface area (Å²) in [7, 11) is 0. The van der Waals surface area contributed by atoms with Gasteiger partial charge in [0.2, 0.25) is 0 Å². The second kappa shape index (κ2) is 7.91. The Morgan fingerprint density at radius 1 is 0.964 bits per heavy atom. The van der Waals surface area contributed by atoms with Crippen molar-refractivity contribution in [1.29, 1.82) is 0 Å². The molecule has 0 fully saturated rings. The van der Waals surface area contributed by atoms with Gasteiger partial charge in [-0.1, -0.05) is 60.1 Å². The fourth-order valence-electron chi connectivity index (χ4n) is 3.55. The molecule has 0 atom stereocenters.